The molecule has 0 aromatic heterocycles. The fourth-order valence-corrected chi connectivity index (χ4v) is 7.76. The number of hydrogen-bond acceptors (Lipinski definition) is 5. The van der Waals surface area contributed by atoms with Gasteiger partial charge in [0.1, 0.15) is 18.3 Å². The van der Waals surface area contributed by atoms with Crippen molar-refractivity contribution in [3.05, 3.63) is 123 Å². The van der Waals surface area contributed by atoms with Gasteiger partial charge in [-0.15, -0.1) is 0 Å². The number of halogens is 2. The number of nitrogens with zero attached hydrogens (tertiary/aromatic N) is 2. The number of benzene rings is 4. The van der Waals surface area contributed by atoms with E-state index in [-0.39, 0.29) is 46.3 Å². The van der Waals surface area contributed by atoms with E-state index in [1.54, 1.807) is 24.3 Å². The van der Waals surface area contributed by atoms with E-state index in [1.165, 1.54) is 30.2 Å². The van der Waals surface area contributed by atoms with Gasteiger partial charge in [-0.2, -0.15) is 0 Å². The number of nitrogens with one attached hydrogen (secondary N) is 1. The predicted molar refractivity (Wildman–Crippen MR) is 193 cm³/mol. The van der Waals surface area contributed by atoms with Gasteiger partial charge in [-0.05, 0) is 73.4 Å². The molecule has 4 aromatic carbocycles. The highest BCUT2D eigenvalue weighted by atomic mass is 79.9. The van der Waals surface area contributed by atoms with E-state index in [9.17, 15) is 18.0 Å². The first kappa shape index (κ1) is 35.4. The van der Waals surface area contributed by atoms with Crippen molar-refractivity contribution in [3.63, 3.8) is 0 Å². The zero-order valence-corrected chi connectivity index (χ0v) is 30.1. The van der Waals surface area contributed by atoms with Gasteiger partial charge in [-0.3, -0.25) is 13.9 Å². The van der Waals surface area contributed by atoms with Gasteiger partial charge in [0.15, 0.2) is 0 Å². The van der Waals surface area contributed by atoms with Crippen molar-refractivity contribution in [1.29, 1.82) is 0 Å². The quantitative estimate of drug-likeness (QED) is 0.155. The normalized spacial score (nSPS) is 13.9. The van der Waals surface area contributed by atoms with E-state index in [0.717, 1.165) is 51.2 Å². The minimum atomic E-state index is -4.31. The Kier molecular flexibility index (Phi) is 11.8. The van der Waals surface area contributed by atoms with E-state index < -0.39 is 28.5 Å². The minimum Gasteiger partial charge on any atom is -0.495 e. The fraction of sp³-hybridized carbons (Fsp3) is 0.297. The van der Waals surface area contributed by atoms with Crippen LogP contribution < -0.4 is 14.4 Å². The largest absolute Gasteiger partial charge is 0.495 e. The molecule has 48 heavy (non-hydrogen) atoms. The summed E-state index contributed by atoms with van der Waals surface area (Å²) in [5, 5.41) is 3.46. The summed E-state index contributed by atoms with van der Waals surface area (Å²) in [5.74, 6) is -0.607. The van der Waals surface area contributed by atoms with E-state index in [2.05, 4.69) is 21.2 Å². The number of methoxy groups -OCH3 is 1. The topological polar surface area (TPSA) is 96.0 Å². The van der Waals surface area contributed by atoms with Crippen molar-refractivity contribution in [2.75, 3.05) is 18.0 Å². The van der Waals surface area contributed by atoms with Crippen molar-refractivity contribution in [3.8, 4) is 5.75 Å². The molecule has 1 N–H and O–H groups in total. The van der Waals surface area contributed by atoms with Gasteiger partial charge in [-0.1, -0.05) is 101 Å². The number of sulfonamides is 1. The lowest BCUT2D eigenvalue weighted by Crippen LogP contribution is -2.54. The maximum Gasteiger partial charge on any atom is 0.264 e. The molecule has 1 aliphatic rings. The van der Waals surface area contributed by atoms with Crippen molar-refractivity contribution in [2.24, 2.45) is 0 Å². The standard InChI is InChI=1S/C37H39BrClN3O5S/c1-26-12-19-32(20-13-26)48(45,46)42(33-23-30(39)18-21-35(33)47-2)25-36(43)41(24-28-14-16-29(38)17-15-28)34(22-27-8-4-3-5-9-27)37(44)40-31-10-6-7-11-31/h3-5,8-9,12-21,23,31,34H,6-7,10-11,22,24-25H2,1-2H3,(H,40,44). The number of rotatable bonds is 13. The molecule has 11 heteroatoms. The number of anilines is 1. The lowest BCUT2D eigenvalue weighted by molar-refractivity contribution is -0.140. The van der Waals surface area contributed by atoms with Crippen LogP contribution in [-0.2, 0) is 32.6 Å². The Labute approximate surface area is 296 Å². The maximum absolute atomic E-state index is 14.7. The third kappa shape index (κ3) is 8.78. The van der Waals surface area contributed by atoms with Gasteiger partial charge in [0.25, 0.3) is 10.0 Å². The van der Waals surface area contributed by atoms with Crippen molar-refractivity contribution in [2.45, 2.75) is 62.6 Å². The van der Waals surface area contributed by atoms with Crippen LogP contribution in [0.15, 0.2) is 106 Å². The molecule has 0 aliphatic heterocycles. The van der Waals surface area contributed by atoms with Crippen LogP contribution in [0.5, 0.6) is 5.75 Å². The van der Waals surface area contributed by atoms with Gasteiger partial charge in [0, 0.05) is 28.5 Å². The molecule has 1 aliphatic carbocycles. The second-order valence-electron chi connectivity index (χ2n) is 12.0. The van der Waals surface area contributed by atoms with Crippen LogP contribution in [0.4, 0.5) is 5.69 Å². The second-order valence-corrected chi connectivity index (χ2v) is 15.2. The minimum absolute atomic E-state index is 0.00204. The first-order chi connectivity index (χ1) is 23.0. The average molecular weight is 753 g/mol. The highest BCUT2D eigenvalue weighted by Crippen LogP contribution is 2.35. The van der Waals surface area contributed by atoms with Crippen LogP contribution in [-0.4, -0.2) is 50.9 Å². The van der Waals surface area contributed by atoms with Crippen LogP contribution in [0.2, 0.25) is 5.02 Å². The Morgan fingerprint density at radius 3 is 2.25 bits per heavy atom. The Balaban J connectivity index is 1.60. The first-order valence-corrected chi connectivity index (χ1v) is 18.5. The third-order valence-corrected chi connectivity index (χ3v) is 11.1. The molecule has 0 radical (unpaired) electrons. The molecule has 0 saturated heterocycles. The van der Waals surface area contributed by atoms with Crippen LogP contribution in [0.3, 0.4) is 0 Å². The van der Waals surface area contributed by atoms with E-state index >= 15 is 0 Å². The van der Waals surface area contributed by atoms with E-state index in [0.29, 0.717) is 0 Å². The van der Waals surface area contributed by atoms with Gasteiger partial charge >= 0.3 is 0 Å². The Bertz CT molecular complexity index is 1820. The summed E-state index contributed by atoms with van der Waals surface area (Å²) in [6.07, 6.45) is 4.06. The molecule has 1 fully saturated rings. The van der Waals surface area contributed by atoms with Crippen molar-refractivity contribution in [1.82, 2.24) is 10.2 Å². The number of aryl methyl sites for hydroxylation is 1. The molecule has 0 bridgehead atoms. The number of ether oxygens (including phenoxy) is 1. The number of amides is 2. The molecule has 1 unspecified atom stereocenters. The average Bonchev–Trinajstić information content (AvgIpc) is 3.59. The smallest absolute Gasteiger partial charge is 0.264 e. The molecule has 1 atom stereocenters. The van der Waals surface area contributed by atoms with Crippen molar-refractivity contribution >= 4 is 55.1 Å². The van der Waals surface area contributed by atoms with Gasteiger partial charge in [0.05, 0.1) is 17.7 Å². The Morgan fingerprint density at radius 2 is 1.60 bits per heavy atom. The summed E-state index contributed by atoms with van der Waals surface area (Å²) >= 11 is 9.86. The van der Waals surface area contributed by atoms with Gasteiger partial charge < -0.3 is 15.0 Å². The molecular formula is C37H39BrClN3O5S. The number of carbonyl (C=O) groups excluding carboxylic acids is 2. The van der Waals surface area contributed by atoms with E-state index in [1.807, 2.05) is 61.5 Å². The Morgan fingerprint density at radius 1 is 0.938 bits per heavy atom. The number of carbonyl (C=O) groups is 2. The van der Waals surface area contributed by atoms with Crippen LogP contribution in [0, 0.1) is 6.92 Å². The Hall–Kier alpha value is -3.86. The summed E-state index contributed by atoms with van der Waals surface area (Å²) in [4.78, 5) is 30.4. The number of hydrogen-bond donors (Lipinski definition) is 1. The molecule has 2 amide bonds. The van der Waals surface area contributed by atoms with Crippen LogP contribution in [0.25, 0.3) is 0 Å². The SMILES string of the molecule is COc1ccc(Cl)cc1N(CC(=O)N(Cc1ccc(Br)cc1)C(Cc1ccccc1)C(=O)NC1CCCC1)S(=O)(=O)c1ccc(C)cc1. The zero-order chi connectivity index (χ0) is 34.3. The summed E-state index contributed by atoms with van der Waals surface area (Å²) in [5.41, 5.74) is 2.65. The third-order valence-electron chi connectivity index (χ3n) is 8.54. The summed E-state index contributed by atoms with van der Waals surface area (Å²) < 4.78 is 36.2. The maximum atomic E-state index is 14.7. The zero-order valence-electron chi connectivity index (χ0n) is 26.9. The lowest BCUT2D eigenvalue weighted by atomic mass is 10.0. The highest BCUT2D eigenvalue weighted by molar-refractivity contribution is 9.10. The summed E-state index contributed by atoms with van der Waals surface area (Å²) in [7, 11) is -2.89. The summed E-state index contributed by atoms with van der Waals surface area (Å²) in [6, 6.07) is 27.1. The molecule has 1 saturated carbocycles. The fourth-order valence-electron chi connectivity index (χ4n) is 5.92. The predicted octanol–water partition coefficient (Wildman–Crippen LogP) is 7.31. The molecule has 5 rings (SSSR count). The molecule has 4 aromatic rings. The molecule has 0 heterocycles. The van der Waals surface area contributed by atoms with Gasteiger partial charge in [0.2, 0.25) is 11.8 Å². The summed E-state index contributed by atoms with van der Waals surface area (Å²) in [6.45, 7) is 1.33. The lowest BCUT2D eigenvalue weighted by Gasteiger charge is -2.34. The van der Waals surface area contributed by atoms with Crippen LogP contribution in [0.1, 0.15) is 42.4 Å². The van der Waals surface area contributed by atoms with E-state index in [4.69, 9.17) is 16.3 Å². The van der Waals surface area contributed by atoms with Crippen LogP contribution >= 0.6 is 27.5 Å². The van der Waals surface area contributed by atoms with Gasteiger partial charge in [-0.25, -0.2) is 8.42 Å². The molecule has 252 valence electrons. The second kappa shape index (κ2) is 16.0. The highest BCUT2D eigenvalue weighted by Gasteiger charge is 2.36. The van der Waals surface area contributed by atoms with Crippen molar-refractivity contribution < 1.29 is 22.7 Å². The molecular weight excluding hydrogens is 714 g/mol. The molecule has 8 nitrogen and oxygen atoms in total. The monoisotopic (exact) mass is 751 g/mol. The first-order valence-electron chi connectivity index (χ1n) is 15.9. The molecule has 0 spiro atoms.